The summed E-state index contributed by atoms with van der Waals surface area (Å²) in [5.41, 5.74) is 2.68. The Hall–Kier alpha value is -3.07. The van der Waals surface area contributed by atoms with Crippen LogP contribution in [0.4, 0.5) is 0 Å². The predicted molar refractivity (Wildman–Crippen MR) is 140 cm³/mol. The summed E-state index contributed by atoms with van der Waals surface area (Å²) in [6.07, 6.45) is -1.78. The van der Waals surface area contributed by atoms with E-state index in [0.29, 0.717) is 25.1 Å². The molecule has 2 heterocycles. The van der Waals surface area contributed by atoms with E-state index in [4.69, 9.17) is 23.8 Å². The summed E-state index contributed by atoms with van der Waals surface area (Å²) in [4.78, 5) is 19.7. The molecule has 3 fully saturated rings. The van der Waals surface area contributed by atoms with E-state index in [1.165, 1.54) is 0 Å². The monoisotopic (exact) mass is 515 g/mol. The molecule has 0 radical (unpaired) electrons. The number of esters is 1. The highest BCUT2D eigenvalue weighted by molar-refractivity contribution is 5.89. The number of carbonyl (C=O) groups excluding carboxylic acids is 1. The minimum atomic E-state index is -0.859. The van der Waals surface area contributed by atoms with Gasteiger partial charge >= 0.3 is 5.97 Å². The molecule has 2 unspecified atom stereocenters. The third kappa shape index (κ3) is 5.25. The first kappa shape index (κ1) is 25.2. The van der Waals surface area contributed by atoms with Crippen LogP contribution in [-0.2, 0) is 36.9 Å². The molecule has 3 aromatic carbocycles. The Morgan fingerprint density at radius 1 is 0.842 bits per heavy atom. The van der Waals surface area contributed by atoms with E-state index in [9.17, 15) is 4.79 Å². The lowest BCUT2D eigenvalue weighted by Gasteiger charge is -2.37. The summed E-state index contributed by atoms with van der Waals surface area (Å²) < 4.78 is 25.7. The maximum absolute atomic E-state index is 13.2. The highest BCUT2D eigenvalue weighted by Gasteiger charge is 2.61. The Kier molecular flexibility index (Phi) is 7.03. The van der Waals surface area contributed by atoms with Gasteiger partial charge in [0.15, 0.2) is 11.9 Å². The van der Waals surface area contributed by atoms with Gasteiger partial charge in [-0.15, -0.1) is 0 Å². The van der Waals surface area contributed by atoms with Crippen molar-refractivity contribution in [2.75, 3.05) is 0 Å². The van der Waals surface area contributed by atoms with Gasteiger partial charge in [0.05, 0.1) is 18.2 Å². The van der Waals surface area contributed by atoms with Crippen molar-refractivity contribution in [2.24, 2.45) is 0 Å². The van der Waals surface area contributed by atoms with Crippen LogP contribution < -0.4 is 0 Å². The molecule has 2 aliphatic heterocycles. The Morgan fingerprint density at radius 2 is 1.42 bits per heavy atom. The molecule has 0 aromatic heterocycles. The second kappa shape index (κ2) is 10.6. The van der Waals surface area contributed by atoms with Crippen molar-refractivity contribution in [1.29, 1.82) is 0 Å². The summed E-state index contributed by atoms with van der Waals surface area (Å²) in [7, 11) is 0. The lowest BCUT2D eigenvalue weighted by Crippen LogP contribution is -2.54. The van der Waals surface area contributed by atoms with Gasteiger partial charge in [0, 0.05) is 6.54 Å². The molecule has 198 valence electrons. The van der Waals surface area contributed by atoms with Crippen LogP contribution in [-0.4, -0.2) is 53.4 Å². The number of hydrogen-bond acceptors (Lipinski definition) is 7. The van der Waals surface area contributed by atoms with E-state index >= 15 is 0 Å². The zero-order chi connectivity index (χ0) is 26.1. The van der Waals surface area contributed by atoms with E-state index in [2.05, 4.69) is 12.1 Å². The fourth-order valence-corrected chi connectivity index (χ4v) is 5.70. The number of carbonyl (C=O) groups is 1. The van der Waals surface area contributed by atoms with Gasteiger partial charge in [-0.25, -0.2) is 4.79 Å². The molecule has 1 aliphatic carbocycles. The van der Waals surface area contributed by atoms with Crippen LogP contribution >= 0.6 is 0 Å². The number of benzene rings is 3. The Labute approximate surface area is 223 Å². The van der Waals surface area contributed by atoms with Gasteiger partial charge in [0.1, 0.15) is 24.4 Å². The van der Waals surface area contributed by atoms with Gasteiger partial charge in [0.25, 0.3) is 0 Å². The van der Waals surface area contributed by atoms with Crippen LogP contribution in [0.1, 0.15) is 41.8 Å². The minimum absolute atomic E-state index is 0.116. The molecule has 2 saturated heterocycles. The van der Waals surface area contributed by atoms with Crippen LogP contribution in [0.3, 0.4) is 0 Å². The SMILES string of the molecule is CC1(C)OC2C(O1)[C@H](OCc1ccccc1)[C@H]1C[C@H](ON1Cc1ccccc1)[C@@H]2OC(=O)c1ccccc1. The lowest BCUT2D eigenvalue weighted by molar-refractivity contribution is -0.237. The van der Waals surface area contributed by atoms with Gasteiger partial charge < -0.3 is 18.9 Å². The number of hydrogen-bond donors (Lipinski definition) is 0. The number of ether oxygens (including phenoxy) is 4. The highest BCUT2D eigenvalue weighted by atomic mass is 16.8. The first-order valence-electron chi connectivity index (χ1n) is 13.2. The van der Waals surface area contributed by atoms with Crippen molar-refractivity contribution in [2.45, 2.75) is 75.8 Å². The average Bonchev–Trinajstić information content (AvgIpc) is 3.46. The molecule has 0 amide bonds. The van der Waals surface area contributed by atoms with E-state index in [0.717, 1.165) is 11.1 Å². The maximum atomic E-state index is 13.2. The summed E-state index contributed by atoms with van der Waals surface area (Å²) >= 11 is 0. The first-order valence-corrected chi connectivity index (χ1v) is 13.2. The third-order valence-corrected chi connectivity index (χ3v) is 7.39. The van der Waals surface area contributed by atoms with Crippen molar-refractivity contribution < 1.29 is 28.6 Å². The Balaban J connectivity index is 1.33. The van der Waals surface area contributed by atoms with Gasteiger partial charge in [-0.2, -0.15) is 5.06 Å². The third-order valence-electron chi connectivity index (χ3n) is 7.39. The second-order valence-corrected chi connectivity index (χ2v) is 10.6. The van der Waals surface area contributed by atoms with Crippen molar-refractivity contribution in [3.8, 4) is 0 Å². The van der Waals surface area contributed by atoms with Crippen molar-refractivity contribution >= 4 is 5.97 Å². The molecule has 1 saturated carbocycles. The number of nitrogens with zero attached hydrogens (tertiary/aromatic N) is 1. The van der Waals surface area contributed by atoms with Gasteiger partial charge in [-0.1, -0.05) is 78.9 Å². The van der Waals surface area contributed by atoms with Crippen molar-refractivity contribution in [1.82, 2.24) is 5.06 Å². The van der Waals surface area contributed by atoms with Crippen LogP contribution in [0.15, 0.2) is 91.0 Å². The normalized spacial score (nSPS) is 29.9. The van der Waals surface area contributed by atoms with Crippen LogP contribution in [0.5, 0.6) is 0 Å². The second-order valence-electron chi connectivity index (χ2n) is 10.6. The Morgan fingerprint density at radius 3 is 2.08 bits per heavy atom. The van der Waals surface area contributed by atoms with E-state index < -0.39 is 36.2 Å². The van der Waals surface area contributed by atoms with E-state index in [1.807, 2.05) is 85.6 Å². The quantitative estimate of drug-likeness (QED) is 0.415. The summed E-state index contributed by atoms with van der Waals surface area (Å²) in [5.74, 6) is -1.27. The Bertz CT molecular complexity index is 1220. The maximum Gasteiger partial charge on any atom is 0.338 e. The summed E-state index contributed by atoms with van der Waals surface area (Å²) in [6, 6.07) is 29.2. The van der Waals surface area contributed by atoms with Gasteiger partial charge in [-0.05, 0) is 43.5 Å². The average molecular weight is 516 g/mol. The van der Waals surface area contributed by atoms with Crippen LogP contribution in [0.2, 0.25) is 0 Å². The number of fused-ring (bicyclic) bond motifs is 3. The van der Waals surface area contributed by atoms with Crippen molar-refractivity contribution in [3.63, 3.8) is 0 Å². The molecule has 2 bridgehead atoms. The molecular weight excluding hydrogens is 482 g/mol. The lowest BCUT2D eigenvalue weighted by atomic mass is 10.0. The van der Waals surface area contributed by atoms with Gasteiger partial charge in [-0.3, -0.25) is 4.84 Å². The van der Waals surface area contributed by atoms with Crippen LogP contribution in [0, 0.1) is 0 Å². The largest absolute Gasteiger partial charge is 0.453 e. The fourth-order valence-electron chi connectivity index (χ4n) is 5.70. The zero-order valence-corrected chi connectivity index (χ0v) is 21.6. The fraction of sp³-hybridized carbons (Fsp3) is 0.387. The minimum Gasteiger partial charge on any atom is -0.453 e. The van der Waals surface area contributed by atoms with Gasteiger partial charge in [0.2, 0.25) is 0 Å². The molecular formula is C31H33NO6. The topological polar surface area (TPSA) is 66.5 Å². The number of hydroxylamine groups is 2. The number of rotatable bonds is 7. The molecule has 38 heavy (non-hydrogen) atoms. The smallest absolute Gasteiger partial charge is 0.338 e. The summed E-state index contributed by atoms with van der Waals surface area (Å²) in [5, 5.41) is 1.98. The highest BCUT2D eigenvalue weighted by Crippen LogP contribution is 2.44. The first-order chi connectivity index (χ1) is 18.5. The van der Waals surface area contributed by atoms with E-state index in [-0.39, 0.29) is 12.1 Å². The molecule has 7 nitrogen and oxygen atoms in total. The molecule has 6 rings (SSSR count). The van der Waals surface area contributed by atoms with Crippen molar-refractivity contribution in [3.05, 3.63) is 108 Å². The molecule has 0 N–H and O–H groups in total. The molecule has 6 atom stereocenters. The van der Waals surface area contributed by atoms with Crippen LogP contribution in [0.25, 0.3) is 0 Å². The molecule has 3 aliphatic rings. The molecule has 0 spiro atoms. The predicted octanol–water partition coefficient (Wildman–Crippen LogP) is 4.91. The molecule has 7 heteroatoms. The summed E-state index contributed by atoms with van der Waals surface area (Å²) in [6.45, 7) is 4.77. The standard InChI is InChI=1S/C31H33NO6/c1-31(2)36-28-26(34-20-22-14-8-4-9-15-22)24-18-25(38-32(24)19-21-12-6-3-7-13-21)27(29(28)37-31)35-30(33)23-16-10-5-11-17-23/h3-17,24-29H,18-20H2,1-2H3/t24-,25+,26-,27+,28?,29?/m1/s1. The van der Waals surface area contributed by atoms with E-state index in [1.54, 1.807) is 12.1 Å². The zero-order valence-electron chi connectivity index (χ0n) is 21.6. The molecule has 3 aromatic rings.